The molecule has 4 rings (SSSR count). The lowest BCUT2D eigenvalue weighted by molar-refractivity contribution is 0.0519. The second-order valence-corrected chi connectivity index (χ2v) is 7.52. The normalized spacial score (nSPS) is 29.6. The average Bonchev–Trinajstić information content (AvgIpc) is 2.92. The van der Waals surface area contributed by atoms with Crippen molar-refractivity contribution in [2.24, 2.45) is 5.92 Å². The van der Waals surface area contributed by atoms with Crippen molar-refractivity contribution in [2.45, 2.75) is 56.5 Å². The number of rotatable bonds is 3. The molecule has 2 saturated carbocycles. The van der Waals surface area contributed by atoms with Gasteiger partial charge in [-0.15, -0.1) is 0 Å². The second-order valence-electron chi connectivity index (χ2n) is 7.52. The molecule has 3 aliphatic rings. The molecular formula is C19H28N2. The van der Waals surface area contributed by atoms with Gasteiger partial charge in [-0.25, -0.2) is 0 Å². The predicted molar refractivity (Wildman–Crippen MR) is 87.3 cm³/mol. The first-order valence-corrected chi connectivity index (χ1v) is 8.89. The summed E-state index contributed by atoms with van der Waals surface area (Å²) in [7, 11) is 0. The lowest BCUT2D eigenvalue weighted by Crippen LogP contribution is -2.60. The zero-order valence-electron chi connectivity index (χ0n) is 13.1. The van der Waals surface area contributed by atoms with Crippen LogP contribution in [0.2, 0.25) is 0 Å². The van der Waals surface area contributed by atoms with Crippen LogP contribution in [0, 0.1) is 5.92 Å². The van der Waals surface area contributed by atoms with E-state index >= 15 is 0 Å². The molecule has 1 spiro atoms. The Hall–Kier alpha value is -0.860. The lowest BCUT2D eigenvalue weighted by Gasteiger charge is -2.48. The van der Waals surface area contributed by atoms with Gasteiger partial charge in [-0.1, -0.05) is 49.6 Å². The first-order valence-electron chi connectivity index (χ1n) is 8.89. The van der Waals surface area contributed by atoms with Crippen molar-refractivity contribution in [1.82, 2.24) is 10.2 Å². The molecule has 21 heavy (non-hydrogen) atoms. The standard InChI is InChI=1S/C19H28N2/c1-2-9-17(10-3-1)18-13-20-19(11-4-5-12-19)15-21(18)14-16-7-6-8-16/h1-3,9-10,16,18,20H,4-8,11-15H2. The van der Waals surface area contributed by atoms with Crippen molar-refractivity contribution in [3.8, 4) is 0 Å². The second kappa shape index (κ2) is 5.73. The molecule has 3 fully saturated rings. The average molecular weight is 284 g/mol. The summed E-state index contributed by atoms with van der Waals surface area (Å²) in [6, 6.07) is 11.7. The third-order valence-corrected chi connectivity index (χ3v) is 6.08. The minimum Gasteiger partial charge on any atom is -0.308 e. The van der Waals surface area contributed by atoms with Gasteiger partial charge in [-0.2, -0.15) is 0 Å². The predicted octanol–water partition coefficient (Wildman–Crippen LogP) is 3.75. The molecule has 1 aliphatic heterocycles. The van der Waals surface area contributed by atoms with E-state index in [1.54, 1.807) is 0 Å². The molecule has 2 nitrogen and oxygen atoms in total. The summed E-state index contributed by atoms with van der Waals surface area (Å²) in [5, 5.41) is 3.94. The van der Waals surface area contributed by atoms with E-state index in [4.69, 9.17) is 0 Å². The Morgan fingerprint density at radius 1 is 1.05 bits per heavy atom. The smallest absolute Gasteiger partial charge is 0.0473 e. The van der Waals surface area contributed by atoms with E-state index in [0.717, 1.165) is 12.5 Å². The van der Waals surface area contributed by atoms with Crippen LogP contribution < -0.4 is 5.32 Å². The lowest BCUT2D eigenvalue weighted by atomic mass is 9.83. The van der Waals surface area contributed by atoms with Crippen LogP contribution in [-0.2, 0) is 0 Å². The van der Waals surface area contributed by atoms with Gasteiger partial charge in [0.2, 0.25) is 0 Å². The van der Waals surface area contributed by atoms with Gasteiger partial charge >= 0.3 is 0 Å². The molecule has 0 radical (unpaired) electrons. The minimum absolute atomic E-state index is 0.440. The monoisotopic (exact) mass is 284 g/mol. The third kappa shape index (κ3) is 2.76. The molecule has 2 aliphatic carbocycles. The van der Waals surface area contributed by atoms with E-state index < -0.39 is 0 Å². The number of nitrogens with zero attached hydrogens (tertiary/aromatic N) is 1. The molecular weight excluding hydrogens is 256 g/mol. The number of hydrogen-bond acceptors (Lipinski definition) is 2. The highest BCUT2D eigenvalue weighted by Gasteiger charge is 2.42. The Labute approximate surface area is 128 Å². The zero-order valence-corrected chi connectivity index (χ0v) is 13.1. The quantitative estimate of drug-likeness (QED) is 0.909. The van der Waals surface area contributed by atoms with Crippen LogP contribution in [0.5, 0.6) is 0 Å². The van der Waals surface area contributed by atoms with Gasteiger partial charge in [-0.05, 0) is 37.2 Å². The van der Waals surface area contributed by atoms with Gasteiger partial charge in [0.25, 0.3) is 0 Å². The molecule has 0 amide bonds. The van der Waals surface area contributed by atoms with Gasteiger partial charge < -0.3 is 5.32 Å². The van der Waals surface area contributed by atoms with Crippen LogP contribution in [0.4, 0.5) is 0 Å². The fourth-order valence-electron chi connectivity index (χ4n) is 4.59. The van der Waals surface area contributed by atoms with Gasteiger partial charge in [0.15, 0.2) is 0 Å². The Bertz CT molecular complexity index is 460. The third-order valence-electron chi connectivity index (χ3n) is 6.08. The largest absolute Gasteiger partial charge is 0.308 e. The van der Waals surface area contributed by atoms with E-state index in [1.807, 2.05) is 0 Å². The van der Waals surface area contributed by atoms with E-state index in [1.165, 1.54) is 63.6 Å². The summed E-state index contributed by atoms with van der Waals surface area (Å²) in [6.45, 7) is 3.72. The van der Waals surface area contributed by atoms with Crippen LogP contribution in [0.15, 0.2) is 30.3 Å². The molecule has 1 aromatic carbocycles. The molecule has 1 heterocycles. The molecule has 1 saturated heterocycles. The maximum Gasteiger partial charge on any atom is 0.0473 e. The van der Waals surface area contributed by atoms with Crippen LogP contribution >= 0.6 is 0 Å². The zero-order chi connectivity index (χ0) is 14.1. The fraction of sp³-hybridized carbons (Fsp3) is 0.684. The van der Waals surface area contributed by atoms with Gasteiger partial charge in [0.1, 0.15) is 0 Å². The highest BCUT2D eigenvalue weighted by Crippen LogP contribution is 2.38. The van der Waals surface area contributed by atoms with Gasteiger partial charge in [-0.3, -0.25) is 4.90 Å². The fourth-order valence-corrected chi connectivity index (χ4v) is 4.59. The number of benzene rings is 1. The van der Waals surface area contributed by atoms with Crippen LogP contribution in [0.25, 0.3) is 0 Å². The van der Waals surface area contributed by atoms with Gasteiger partial charge in [0.05, 0.1) is 0 Å². The molecule has 2 heteroatoms. The van der Waals surface area contributed by atoms with Crippen molar-refractivity contribution in [1.29, 1.82) is 0 Å². The summed E-state index contributed by atoms with van der Waals surface area (Å²) in [5.41, 5.74) is 1.94. The Kier molecular flexibility index (Phi) is 3.76. The maximum atomic E-state index is 3.94. The number of piperazine rings is 1. The van der Waals surface area contributed by atoms with E-state index in [2.05, 4.69) is 40.5 Å². The SMILES string of the molecule is c1ccc(C2CNC3(CCCC3)CN2CC2CCC2)cc1. The maximum absolute atomic E-state index is 3.94. The highest BCUT2D eigenvalue weighted by molar-refractivity contribution is 5.21. The van der Waals surface area contributed by atoms with Crippen molar-refractivity contribution in [3.05, 3.63) is 35.9 Å². The Balaban J connectivity index is 1.54. The minimum atomic E-state index is 0.440. The molecule has 0 aromatic heterocycles. The van der Waals surface area contributed by atoms with E-state index in [0.29, 0.717) is 11.6 Å². The van der Waals surface area contributed by atoms with Crippen molar-refractivity contribution in [2.75, 3.05) is 19.6 Å². The van der Waals surface area contributed by atoms with Crippen molar-refractivity contribution in [3.63, 3.8) is 0 Å². The Morgan fingerprint density at radius 3 is 2.48 bits per heavy atom. The highest BCUT2D eigenvalue weighted by atomic mass is 15.3. The molecule has 114 valence electrons. The van der Waals surface area contributed by atoms with Crippen molar-refractivity contribution >= 4 is 0 Å². The van der Waals surface area contributed by atoms with Gasteiger partial charge in [0, 0.05) is 31.2 Å². The first kappa shape index (κ1) is 13.8. The summed E-state index contributed by atoms with van der Waals surface area (Å²) in [6.07, 6.45) is 9.97. The summed E-state index contributed by atoms with van der Waals surface area (Å²) < 4.78 is 0. The van der Waals surface area contributed by atoms with Crippen LogP contribution in [0.1, 0.15) is 56.6 Å². The van der Waals surface area contributed by atoms with E-state index in [-0.39, 0.29) is 0 Å². The van der Waals surface area contributed by atoms with Crippen molar-refractivity contribution < 1.29 is 0 Å². The van der Waals surface area contributed by atoms with E-state index in [9.17, 15) is 0 Å². The molecule has 0 bridgehead atoms. The Morgan fingerprint density at radius 2 is 1.81 bits per heavy atom. The van der Waals surface area contributed by atoms with Crippen LogP contribution in [-0.4, -0.2) is 30.1 Å². The summed E-state index contributed by atoms with van der Waals surface area (Å²) in [4.78, 5) is 2.82. The number of nitrogens with one attached hydrogen (secondary N) is 1. The molecule has 1 atom stereocenters. The number of hydrogen-bond donors (Lipinski definition) is 1. The summed E-state index contributed by atoms with van der Waals surface area (Å²) >= 11 is 0. The molecule has 1 unspecified atom stereocenters. The topological polar surface area (TPSA) is 15.3 Å². The summed E-state index contributed by atoms with van der Waals surface area (Å²) in [5.74, 6) is 0.966. The van der Waals surface area contributed by atoms with Crippen LogP contribution in [0.3, 0.4) is 0 Å². The molecule has 1 aromatic rings. The first-order chi connectivity index (χ1) is 10.3. The molecule has 1 N–H and O–H groups in total.